The van der Waals surface area contributed by atoms with Crippen LogP contribution < -0.4 is 10.3 Å². The number of halogens is 2. The highest BCUT2D eigenvalue weighted by atomic mass is 32.2. The second-order valence-corrected chi connectivity index (χ2v) is 9.95. The molecule has 1 heterocycles. The molecule has 0 amide bonds. The Labute approximate surface area is 201 Å². The molecule has 0 saturated heterocycles. The molecular weight excluding hydrogens is 458 g/mol. The number of ketones is 1. The number of Topliss-reactive ketones (excluding diaryl/α,β-unsaturated/α-hetero) is 1. The van der Waals surface area contributed by atoms with Crippen LogP contribution in [-0.4, -0.2) is 27.7 Å². The second kappa shape index (κ2) is 10.3. The Balaban J connectivity index is 1.70. The van der Waals surface area contributed by atoms with E-state index in [1.807, 2.05) is 12.1 Å². The molecule has 1 fully saturated rings. The van der Waals surface area contributed by atoms with Gasteiger partial charge in [0.2, 0.25) is 0 Å². The minimum atomic E-state index is -3.02. The Bertz CT molecular complexity index is 1260. The SMILES string of the molecule is Cc1ccc(OC(F)F)c(C(=O)CSc2nc3ccccc3c(=O)n2[C@@H]2CCC[C@H](C)[C@H]2C)c1. The van der Waals surface area contributed by atoms with Crippen LogP contribution in [0.25, 0.3) is 10.9 Å². The summed E-state index contributed by atoms with van der Waals surface area (Å²) in [6.07, 6.45) is 3.02. The van der Waals surface area contributed by atoms with Gasteiger partial charge in [-0.2, -0.15) is 8.78 Å². The van der Waals surface area contributed by atoms with Crippen LogP contribution in [0.2, 0.25) is 0 Å². The minimum absolute atomic E-state index is 0.0114. The molecular formula is C26H28F2N2O3S. The van der Waals surface area contributed by atoms with E-state index in [9.17, 15) is 18.4 Å². The number of thioether (sulfide) groups is 1. The standard InChI is InChI=1S/C26H28F2N2O3S/c1-15-11-12-23(33-25(27)28)19(13-15)22(31)14-34-26-29-20-9-5-4-8-18(20)24(32)30(26)21-10-6-7-16(2)17(21)3/h4-5,8-9,11-13,16-17,21,25H,6-7,10,14H2,1-3H3/t16-,17+,21+/m0/s1. The van der Waals surface area contributed by atoms with Gasteiger partial charge in [-0.1, -0.05) is 62.2 Å². The Hall–Kier alpha value is -2.74. The number of aromatic nitrogens is 2. The molecule has 4 rings (SSSR count). The lowest BCUT2D eigenvalue weighted by Crippen LogP contribution is -2.35. The van der Waals surface area contributed by atoms with Gasteiger partial charge in [0.1, 0.15) is 5.75 Å². The fourth-order valence-electron chi connectivity index (χ4n) is 4.71. The van der Waals surface area contributed by atoms with Gasteiger partial charge in [-0.05, 0) is 49.4 Å². The van der Waals surface area contributed by atoms with Gasteiger partial charge in [-0.25, -0.2) is 4.98 Å². The van der Waals surface area contributed by atoms with E-state index in [-0.39, 0.29) is 40.4 Å². The second-order valence-electron chi connectivity index (χ2n) is 9.01. The number of benzene rings is 2. The van der Waals surface area contributed by atoms with Gasteiger partial charge in [-0.15, -0.1) is 0 Å². The summed E-state index contributed by atoms with van der Waals surface area (Å²) in [5, 5.41) is 1.03. The quantitative estimate of drug-likeness (QED) is 0.223. The Morgan fingerprint density at radius 2 is 1.97 bits per heavy atom. The first-order valence-corrected chi connectivity index (χ1v) is 12.5. The van der Waals surface area contributed by atoms with Crippen LogP contribution in [0.15, 0.2) is 52.4 Å². The average molecular weight is 487 g/mol. The van der Waals surface area contributed by atoms with E-state index in [2.05, 4.69) is 18.6 Å². The first kappa shape index (κ1) is 24.4. The average Bonchev–Trinajstić information content (AvgIpc) is 2.81. The van der Waals surface area contributed by atoms with Crippen molar-refractivity contribution in [1.29, 1.82) is 0 Å². The minimum Gasteiger partial charge on any atom is -0.434 e. The summed E-state index contributed by atoms with van der Waals surface area (Å²) in [5.74, 6) is 0.197. The Morgan fingerprint density at radius 1 is 1.21 bits per heavy atom. The van der Waals surface area contributed by atoms with Crippen LogP contribution in [-0.2, 0) is 0 Å². The van der Waals surface area contributed by atoms with Crippen molar-refractivity contribution in [2.75, 3.05) is 5.75 Å². The van der Waals surface area contributed by atoms with Gasteiger partial charge in [-0.3, -0.25) is 14.2 Å². The van der Waals surface area contributed by atoms with Gasteiger partial charge in [0.15, 0.2) is 10.9 Å². The van der Waals surface area contributed by atoms with E-state index in [1.54, 1.807) is 35.8 Å². The van der Waals surface area contributed by atoms with Crippen LogP contribution in [0.3, 0.4) is 0 Å². The van der Waals surface area contributed by atoms with Crippen LogP contribution in [0, 0.1) is 18.8 Å². The zero-order valence-corrected chi connectivity index (χ0v) is 20.3. The van der Waals surface area contributed by atoms with Crippen LogP contribution >= 0.6 is 11.8 Å². The molecule has 180 valence electrons. The van der Waals surface area contributed by atoms with Gasteiger partial charge >= 0.3 is 6.61 Å². The molecule has 0 bridgehead atoms. The van der Waals surface area contributed by atoms with Crippen molar-refractivity contribution in [1.82, 2.24) is 9.55 Å². The van der Waals surface area contributed by atoms with E-state index in [1.165, 1.54) is 17.8 Å². The summed E-state index contributed by atoms with van der Waals surface area (Å²) in [6.45, 7) is 3.12. The van der Waals surface area contributed by atoms with E-state index in [0.29, 0.717) is 22.0 Å². The third kappa shape index (κ3) is 5.02. The number of carbonyl (C=O) groups is 1. The van der Waals surface area contributed by atoms with Crippen molar-refractivity contribution in [2.45, 2.75) is 57.8 Å². The van der Waals surface area contributed by atoms with Gasteiger partial charge in [0.25, 0.3) is 5.56 Å². The number of alkyl halides is 2. The van der Waals surface area contributed by atoms with Crippen molar-refractivity contribution in [2.24, 2.45) is 11.8 Å². The van der Waals surface area contributed by atoms with Crippen molar-refractivity contribution < 1.29 is 18.3 Å². The summed E-state index contributed by atoms with van der Waals surface area (Å²) in [4.78, 5) is 31.4. The van der Waals surface area contributed by atoms with Crippen molar-refractivity contribution in [3.05, 3.63) is 63.9 Å². The van der Waals surface area contributed by atoms with Gasteiger partial charge in [0, 0.05) is 6.04 Å². The molecule has 1 aromatic heterocycles. The smallest absolute Gasteiger partial charge is 0.387 e. The number of hydrogen-bond acceptors (Lipinski definition) is 5. The fourth-order valence-corrected chi connectivity index (χ4v) is 5.64. The molecule has 0 radical (unpaired) electrons. The van der Waals surface area contributed by atoms with E-state index in [0.717, 1.165) is 24.8 Å². The lowest BCUT2D eigenvalue weighted by atomic mass is 9.78. The first-order chi connectivity index (χ1) is 16.3. The maximum absolute atomic E-state index is 13.6. The number of aryl methyl sites for hydroxylation is 1. The highest BCUT2D eigenvalue weighted by Crippen LogP contribution is 2.39. The molecule has 3 aromatic rings. The molecule has 5 nitrogen and oxygen atoms in total. The van der Waals surface area contributed by atoms with Gasteiger partial charge in [0.05, 0.1) is 22.2 Å². The number of nitrogens with zero attached hydrogens (tertiary/aromatic N) is 2. The summed E-state index contributed by atoms with van der Waals surface area (Å²) in [6, 6.07) is 11.7. The summed E-state index contributed by atoms with van der Waals surface area (Å²) >= 11 is 1.17. The lowest BCUT2D eigenvalue weighted by Gasteiger charge is -2.36. The molecule has 1 aliphatic carbocycles. The predicted octanol–water partition coefficient (Wildman–Crippen LogP) is 6.28. The molecule has 0 N–H and O–H groups in total. The van der Waals surface area contributed by atoms with Crippen LogP contribution in [0.4, 0.5) is 8.78 Å². The van der Waals surface area contributed by atoms with E-state index in [4.69, 9.17) is 4.98 Å². The van der Waals surface area contributed by atoms with E-state index < -0.39 is 6.61 Å². The molecule has 8 heteroatoms. The molecule has 2 aromatic carbocycles. The maximum Gasteiger partial charge on any atom is 0.387 e. The third-order valence-corrected chi connectivity index (χ3v) is 7.71. The van der Waals surface area contributed by atoms with Crippen molar-refractivity contribution in [3.8, 4) is 5.75 Å². The number of ether oxygens (including phenoxy) is 1. The Morgan fingerprint density at radius 3 is 2.74 bits per heavy atom. The molecule has 1 aliphatic rings. The van der Waals surface area contributed by atoms with E-state index >= 15 is 0 Å². The third-order valence-electron chi connectivity index (χ3n) is 6.75. The number of fused-ring (bicyclic) bond motifs is 1. The van der Waals surface area contributed by atoms with Gasteiger partial charge < -0.3 is 4.74 Å². The normalized spacial score (nSPS) is 20.6. The fraction of sp³-hybridized carbons (Fsp3) is 0.423. The monoisotopic (exact) mass is 486 g/mol. The number of hydrogen-bond donors (Lipinski definition) is 0. The summed E-state index contributed by atoms with van der Waals surface area (Å²) < 4.78 is 32.0. The number of rotatable bonds is 7. The lowest BCUT2D eigenvalue weighted by molar-refractivity contribution is -0.0501. The summed E-state index contributed by atoms with van der Waals surface area (Å²) in [5.41, 5.74) is 1.33. The zero-order chi connectivity index (χ0) is 24.4. The molecule has 0 spiro atoms. The first-order valence-electron chi connectivity index (χ1n) is 11.5. The zero-order valence-electron chi connectivity index (χ0n) is 19.5. The van der Waals surface area contributed by atoms with Crippen molar-refractivity contribution in [3.63, 3.8) is 0 Å². The molecule has 34 heavy (non-hydrogen) atoms. The maximum atomic E-state index is 13.6. The van der Waals surface area contributed by atoms with Crippen molar-refractivity contribution >= 4 is 28.4 Å². The molecule has 1 saturated carbocycles. The largest absolute Gasteiger partial charge is 0.434 e. The van der Waals surface area contributed by atoms with Crippen LogP contribution in [0.5, 0.6) is 5.75 Å². The molecule has 3 atom stereocenters. The summed E-state index contributed by atoms with van der Waals surface area (Å²) in [7, 11) is 0. The topological polar surface area (TPSA) is 61.2 Å². The highest BCUT2D eigenvalue weighted by molar-refractivity contribution is 7.99. The number of para-hydroxylation sites is 1. The number of carbonyl (C=O) groups excluding carboxylic acids is 1. The predicted molar refractivity (Wildman–Crippen MR) is 130 cm³/mol. The molecule has 0 aliphatic heterocycles. The Kier molecular flexibility index (Phi) is 7.36. The highest BCUT2D eigenvalue weighted by Gasteiger charge is 2.31. The molecule has 0 unspecified atom stereocenters. The van der Waals surface area contributed by atoms with Crippen LogP contribution in [0.1, 0.15) is 55.1 Å².